The lowest BCUT2D eigenvalue weighted by Gasteiger charge is -2.21. The Bertz CT molecular complexity index is 517. The number of anilines is 1. The largest absolute Gasteiger partial charge is 0.324 e. The molecular formula is C14H16N2O. The molecule has 0 atom stereocenters. The van der Waals surface area contributed by atoms with E-state index in [0.29, 0.717) is 0 Å². The maximum atomic E-state index is 11.7. The molecule has 3 rings (SSSR count). The first-order chi connectivity index (χ1) is 8.25. The first-order valence-corrected chi connectivity index (χ1v) is 6.22. The van der Waals surface area contributed by atoms with Crippen LogP contribution in [0.3, 0.4) is 0 Å². The summed E-state index contributed by atoms with van der Waals surface area (Å²) in [4.78, 5) is 16.0. The van der Waals surface area contributed by atoms with Gasteiger partial charge in [-0.25, -0.2) is 0 Å². The molecule has 1 heterocycles. The van der Waals surface area contributed by atoms with Gasteiger partial charge in [0.15, 0.2) is 0 Å². The highest BCUT2D eigenvalue weighted by Crippen LogP contribution is 2.32. The molecule has 3 heteroatoms. The Kier molecular flexibility index (Phi) is 2.46. The lowest BCUT2D eigenvalue weighted by Crippen LogP contribution is -2.17. The molecule has 0 bridgehead atoms. The number of hydrogen-bond donors (Lipinski definition) is 1. The molecule has 1 N–H and O–H groups in total. The molecule has 0 saturated carbocycles. The number of fused-ring (bicyclic) bond motifs is 3. The van der Waals surface area contributed by atoms with Crippen LogP contribution < -0.4 is 5.32 Å². The number of aliphatic imine (C=N–C) groups is 1. The average Bonchev–Trinajstić information content (AvgIpc) is 2.50. The topological polar surface area (TPSA) is 41.5 Å². The molecule has 0 saturated heterocycles. The van der Waals surface area contributed by atoms with Crippen molar-refractivity contribution in [3.63, 3.8) is 0 Å². The van der Waals surface area contributed by atoms with Gasteiger partial charge in [0.1, 0.15) is 6.54 Å². The fraction of sp³-hybridized carbons (Fsp3) is 0.429. The first-order valence-electron chi connectivity index (χ1n) is 6.22. The van der Waals surface area contributed by atoms with Gasteiger partial charge in [-0.15, -0.1) is 0 Å². The van der Waals surface area contributed by atoms with Crippen LogP contribution in [0, 0.1) is 0 Å². The molecule has 0 radical (unpaired) electrons. The number of rotatable bonds is 0. The highest BCUT2D eigenvalue weighted by molar-refractivity contribution is 6.10. The minimum atomic E-state index is 0.00192. The van der Waals surface area contributed by atoms with Gasteiger partial charge < -0.3 is 5.32 Å². The lowest BCUT2D eigenvalue weighted by atomic mass is 9.88. The summed E-state index contributed by atoms with van der Waals surface area (Å²) in [6.07, 6.45) is 4.68. The molecule has 0 aromatic heterocycles. The van der Waals surface area contributed by atoms with Gasteiger partial charge in [0.25, 0.3) is 0 Å². The second kappa shape index (κ2) is 3.99. The van der Waals surface area contributed by atoms with E-state index in [0.717, 1.165) is 29.8 Å². The fourth-order valence-corrected chi connectivity index (χ4v) is 2.73. The zero-order valence-corrected chi connectivity index (χ0v) is 10.0. The molecule has 0 spiro atoms. The van der Waals surface area contributed by atoms with Gasteiger partial charge in [-0.05, 0) is 43.7 Å². The summed E-state index contributed by atoms with van der Waals surface area (Å²) >= 11 is 0. The molecule has 1 aliphatic carbocycles. The number of benzene rings is 1. The van der Waals surface area contributed by atoms with Crippen LogP contribution in [0.2, 0.25) is 0 Å². The summed E-state index contributed by atoms with van der Waals surface area (Å²) < 4.78 is 0. The second-order valence-electron chi connectivity index (χ2n) is 4.78. The van der Waals surface area contributed by atoms with Crippen LogP contribution >= 0.6 is 0 Å². The monoisotopic (exact) mass is 228 g/mol. The van der Waals surface area contributed by atoms with E-state index in [1.54, 1.807) is 0 Å². The maximum absolute atomic E-state index is 11.7. The second-order valence-corrected chi connectivity index (χ2v) is 4.78. The molecule has 1 aromatic rings. The Balaban J connectivity index is 2.19. The SMILES string of the molecule is CC1=NCC(=O)Nc2c1ccc1c2CCCC1. The summed E-state index contributed by atoms with van der Waals surface area (Å²) in [5.41, 5.74) is 5.80. The van der Waals surface area contributed by atoms with Gasteiger partial charge >= 0.3 is 0 Å². The molecule has 17 heavy (non-hydrogen) atoms. The number of carbonyl (C=O) groups excluding carboxylic acids is 1. The fourth-order valence-electron chi connectivity index (χ4n) is 2.73. The van der Waals surface area contributed by atoms with Crippen LogP contribution in [-0.2, 0) is 17.6 Å². The molecule has 0 fully saturated rings. The van der Waals surface area contributed by atoms with Crippen molar-refractivity contribution in [3.8, 4) is 0 Å². The van der Waals surface area contributed by atoms with E-state index in [9.17, 15) is 4.79 Å². The van der Waals surface area contributed by atoms with Crippen molar-refractivity contribution in [2.45, 2.75) is 32.6 Å². The number of hydrogen-bond acceptors (Lipinski definition) is 2. The van der Waals surface area contributed by atoms with Crippen LogP contribution in [0.25, 0.3) is 0 Å². The Morgan fingerprint density at radius 2 is 2.06 bits per heavy atom. The number of amides is 1. The van der Waals surface area contributed by atoms with E-state index >= 15 is 0 Å². The summed E-state index contributed by atoms with van der Waals surface area (Å²) in [6, 6.07) is 4.30. The summed E-state index contributed by atoms with van der Waals surface area (Å²) in [6.45, 7) is 2.23. The van der Waals surface area contributed by atoms with Crippen LogP contribution in [-0.4, -0.2) is 18.2 Å². The molecule has 1 aliphatic heterocycles. The van der Waals surface area contributed by atoms with Crippen molar-refractivity contribution in [3.05, 3.63) is 28.8 Å². The Labute approximate surface area is 101 Å². The van der Waals surface area contributed by atoms with Gasteiger partial charge in [-0.1, -0.05) is 12.1 Å². The normalized spacial score (nSPS) is 18.6. The smallest absolute Gasteiger partial charge is 0.246 e. The summed E-state index contributed by atoms with van der Waals surface area (Å²) in [7, 11) is 0. The van der Waals surface area contributed by atoms with Crippen molar-refractivity contribution in [1.82, 2.24) is 0 Å². The van der Waals surface area contributed by atoms with Crippen LogP contribution in [0.4, 0.5) is 5.69 Å². The van der Waals surface area contributed by atoms with Gasteiger partial charge in [-0.2, -0.15) is 0 Å². The molecule has 2 aliphatic rings. The van der Waals surface area contributed by atoms with E-state index in [2.05, 4.69) is 22.4 Å². The average molecular weight is 228 g/mol. The molecule has 88 valence electrons. The zero-order valence-electron chi connectivity index (χ0n) is 10.0. The van der Waals surface area contributed by atoms with Crippen molar-refractivity contribution in [2.24, 2.45) is 4.99 Å². The Morgan fingerprint density at radius 1 is 1.24 bits per heavy atom. The number of nitrogens with zero attached hydrogens (tertiary/aromatic N) is 1. The minimum absolute atomic E-state index is 0.00192. The predicted molar refractivity (Wildman–Crippen MR) is 68.8 cm³/mol. The molecular weight excluding hydrogens is 212 g/mol. The third-order valence-electron chi connectivity index (χ3n) is 3.65. The van der Waals surface area contributed by atoms with E-state index in [1.807, 2.05) is 6.92 Å². The molecule has 1 amide bonds. The zero-order chi connectivity index (χ0) is 11.8. The third-order valence-corrected chi connectivity index (χ3v) is 3.65. The van der Waals surface area contributed by atoms with Gasteiger partial charge in [0.2, 0.25) is 5.91 Å². The van der Waals surface area contributed by atoms with E-state index in [4.69, 9.17) is 0 Å². The quantitative estimate of drug-likeness (QED) is 0.727. The highest BCUT2D eigenvalue weighted by atomic mass is 16.1. The van der Waals surface area contributed by atoms with E-state index < -0.39 is 0 Å². The van der Waals surface area contributed by atoms with Crippen molar-refractivity contribution in [2.75, 3.05) is 11.9 Å². The Hall–Kier alpha value is -1.64. The van der Waals surface area contributed by atoms with Gasteiger partial charge in [-0.3, -0.25) is 9.79 Å². The number of carbonyl (C=O) groups is 1. The molecule has 0 unspecified atom stereocenters. The number of nitrogens with one attached hydrogen (secondary N) is 1. The first kappa shape index (κ1) is 10.5. The number of aryl methyl sites for hydroxylation is 1. The van der Waals surface area contributed by atoms with Crippen LogP contribution in [0.15, 0.2) is 17.1 Å². The van der Waals surface area contributed by atoms with Crippen molar-refractivity contribution < 1.29 is 4.79 Å². The van der Waals surface area contributed by atoms with E-state index in [1.165, 1.54) is 24.0 Å². The Morgan fingerprint density at radius 3 is 2.94 bits per heavy atom. The molecule has 3 nitrogen and oxygen atoms in total. The summed E-state index contributed by atoms with van der Waals surface area (Å²) in [5.74, 6) is 0.00192. The standard InChI is InChI=1S/C14H16N2O/c1-9-11-7-6-10-4-2-3-5-12(10)14(11)16-13(17)8-15-9/h6-7H,2-5,8H2,1H3,(H,16,17). The highest BCUT2D eigenvalue weighted by Gasteiger charge is 2.21. The molecule has 1 aromatic carbocycles. The van der Waals surface area contributed by atoms with Crippen LogP contribution in [0.1, 0.15) is 36.5 Å². The van der Waals surface area contributed by atoms with Gasteiger partial charge in [0.05, 0.1) is 5.69 Å². The summed E-state index contributed by atoms with van der Waals surface area (Å²) in [5, 5.41) is 3.03. The third kappa shape index (κ3) is 1.75. The maximum Gasteiger partial charge on any atom is 0.246 e. The minimum Gasteiger partial charge on any atom is -0.324 e. The van der Waals surface area contributed by atoms with Crippen molar-refractivity contribution in [1.29, 1.82) is 0 Å². The predicted octanol–water partition coefficient (Wildman–Crippen LogP) is 2.33. The van der Waals surface area contributed by atoms with Gasteiger partial charge in [0, 0.05) is 11.3 Å². The lowest BCUT2D eigenvalue weighted by molar-refractivity contribution is -0.114. The van der Waals surface area contributed by atoms with Crippen LogP contribution in [0.5, 0.6) is 0 Å². The van der Waals surface area contributed by atoms with E-state index in [-0.39, 0.29) is 12.5 Å². The van der Waals surface area contributed by atoms with Crippen molar-refractivity contribution >= 4 is 17.3 Å².